The lowest BCUT2D eigenvalue weighted by Crippen LogP contribution is -2.42. The highest BCUT2D eigenvalue weighted by Gasteiger charge is 2.25. The van der Waals surface area contributed by atoms with Crippen molar-refractivity contribution in [2.24, 2.45) is 7.05 Å². The Morgan fingerprint density at radius 2 is 2.33 bits per heavy atom. The quantitative estimate of drug-likeness (QED) is 0.897. The standard InChI is InChI=1S/C17H26N6O/c1-13-7-16(20-19-13)15-5-4-6-23(11-15)12-17(24)21(2)9-14-8-18-22(3)10-14/h7-8,10,15H,4-6,9,11-12H2,1-3H3,(H,19,20)/t15-/m1/s1. The number of amides is 1. The minimum absolute atomic E-state index is 0.151. The Morgan fingerprint density at radius 3 is 3.00 bits per heavy atom. The first-order valence-corrected chi connectivity index (χ1v) is 8.47. The molecule has 0 spiro atoms. The van der Waals surface area contributed by atoms with Gasteiger partial charge in [-0.1, -0.05) is 0 Å². The van der Waals surface area contributed by atoms with E-state index < -0.39 is 0 Å². The van der Waals surface area contributed by atoms with Crippen LogP contribution in [0.15, 0.2) is 18.5 Å². The normalized spacial score (nSPS) is 18.7. The van der Waals surface area contributed by atoms with Crippen LogP contribution in [0.4, 0.5) is 0 Å². The summed E-state index contributed by atoms with van der Waals surface area (Å²) < 4.78 is 1.76. The smallest absolute Gasteiger partial charge is 0.236 e. The number of nitrogens with one attached hydrogen (secondary N) is 1. The van der Waals surface area contributed by atoms with Crippen molar-refractivity contribution < 1.29 is 4.79 Å². The Bertz CT molecular complexity index is 691. The molecule has 130 valence electrons. The molecule has 0 aromatic carbocycles. The van der Waals surface area contributed by atoms with Crippen LogP contribution in [-0.4, -0.2) is 62.4 Å². The second-order valence-electron chi connectivity index (χ2n) is 6.82. The SMILES string of the molecule is Cc1cc([C@@H]2CCCN(CC(=O)N(C)Cc3cnn(C)c3)C2)n[nH]1. The molecule has 1 amide bonds. The summed E-state index contributed by atoms with van der Waals surface area (Å²) in [7, 11) is 3.74. The van der Waals surface area contributed by atoms with E-state index in [1.165, 1.54) is 0 Å². The lowest BCUT2D eigenvalue weighted by molar-refractivity contribution is -0.131. The van der Waals surface area contributed by atoms with E-state index in [1.54, 1.807) is 15.8 Å². The zero-order valence-corrected chi connectivity index (χ0v) is 14.7. The number of nitrogens with zero attached hydrogens (tertiary/aromatic N) is 5. The molecular formula is C17H26N6O. The molecule has 0 unspecified atom stereocenters. The summed E-state index contributed by atoms with van der Waals surface area (Å²) in [5.41, 5.74) is 3.26. The van der Waals surface area contributed by atoms with Crippen LogP contribution in [0.3, 0.4) is 0 Å². The van der Waals surface area contributed by atoms with Gasteiger partial charge in [0.25, 0.3) is 0 Å². The first kappa shape index (κ1) is 16.7. The number of likely N-dealkylation sites (N-methyl/N-ethyl adjacent to an activating group) is 1. The summed E-state index contributed by atoms with van der Waals surface area (Å²) in [6.07, 6.45) is 6.00. The average molecular weight is 330 g/mol. The Kier molecular flexibility index (Phi) is 4.99. The van der Waals surface area contributed by atoms with E-state index in [2.05, 4.69) is 26.3 Å². The fourth-order valence-electron chi connectivity index (χ4n) is 3.32. The fourth-order valence-corrected chi connectivity index (χ4v) is 3.32. The molecule has 2 aromatic heterocycles. The molecule has 1 aliphatic heterocycles. The number of carbonyl (C=O) groups is 1. The first-order valence-electron chi connectivity index (χ1n) is 8.47. The third-order valence-electron chi connectivity index (χ3n) is 4.61. The second kappa shape index (κ2) is 7.17. The summed E-state index contributed by atoms with van der Waals surface area (Å²) in [6, 6.07) is 2.12. The summed E-state index contributed by atoms with van der Waals surface area (Å²) in [6.45, 7) is 4.97. The van der Waals surface area contributed by atoms with E-state index >= 15 is 0 Å². The number of carbonyl (C=O) groups excluding carboxylic acids is 1. The van der Waals surface area contributed by atoms with Crippen LogP contribution in [0.25, 0.3) is 0 Å². The van der Waals surface area contributed by atoms with Gasteiger partial charge in [0, 0.05) is 50.6 Å². The van der Waals surface area contributed by atoms with Crippen molar-refractivity contribution in [1.29, 1.82) is 0 Å². The fraction of sp³-hybridized carbons (Fsp3) is 0.588. The Morgan fingerprint density at radius 1 is 1.50 bits per heavy atom. The van der Waals surface area contributed by atoms with Crippen molar-refractivity contribution >= 4 is 5.91 Å². The van der Waals surface area contributed by atoms with Gasteiger partial charge in [0.05, 0.1) is 18.4 Å². The number of rotatable bonds is 5. The van der Waals surface area contributed by atoms with Crippen LogP contribution in [0.5, 0.6) is 0 Å². The van der Waals surface area contributed by atoms with E-state index in [4.69, 9.17) is 0 Å². The molecule has 0 aliphatic carbocycles. The summed E-state index contributed by atoms with van der Waals surface area (Å²) >= 11 is 0. The Labute approximate surface area is 142 Å². The lowest BCUT2D eigenvalue weighted by Gasteiger charge is -2.32. The van der Waals surface area contributed by atoms with Crippen molar-refractivity contribution in [3.8, 4) is 0 Å². The average Bonchev–Trinajstić information content (AvgIpc) is 3.16. The van der Waals surface area contributed by atoms with Crippen molar-refractivity contribution in [2.45, 2.75) is 32.2 Å². The molecule has 7 heteroatoms. The van der Waals surface area contributed by atoms with Crippen LogP contribution < -0.4 is 0 Å². The van der Waals surface area contributed by atoms with E-state index in [0.29, 0.717) is 19.0 Å². The molecule has 0 saturated carbocycles. The molecule has 1 aliphatic rings. The number of H-pyrrole nitrogens is 1. The molecule has 1 fully saturated rings. The van der Waals surface area contributed by atoms with Crippen LogP contribution in [0.1, 0.15) is 35.7 Å². The van der Waals surface area contributed by atoms with Crippen LogP contribution in [-0.2, 0) is 18.4 Å². The van der Waals surface area contributed by atoms with Gasteiger partial charge in [-0.05, 0) is 32.4 Å². The van der Waals surface area contributed by atoms with Gasteiger partial charge in [0.2, 0.25) is 5.91 Å². The van der Waals surface area contributed by atoms with Crippen LogP contribution in [0, 0.1) is 6.92 Å². The summed E-state index contributed by atoms with van der Waals surface area (Å²) in [5, 5.41) is 11.6. The van der Waals surface area contributed by atoms with E-state index in [9.17, 15) is 4.79 Å². The monoisotopic (exact) mass is 330 g/mol. The highest BCUT2D eigenvalue weighted by atomic mass is 16.2. The largest absolute Gasteiger partial charge is 0.340 e. The predicted molar refractivity (Wildman–Crippen MR) is 91.4 cm³/mol. The van der Waals surface area contributed by atoms with Crippen molar-refractivity contribution in [2.75, 3.05) is 26.7 Å². The van der Waals surface area contributed by atoms with Crippen molar-refractivity contribution in [3.63, 3.8) is 0 Å². The van der Waals surface area contributed by atoms with Gasteiger partial charge < -0.3 is 4.90 Å². The summed E-state index contributed by atoms with van der Waals surface area (Å²) in [4.78, 5) is 16.5. The molecule has 0 radical (unpaired) electrons. The van der Waals surface area contributed by atoms with Gasteiger partial charge in [-0.15, -0.1) is 0 Å². The number of aromatic amines is 1. The maximum atomic E-state index is 12.5. The van der Waals surface area contributed by atoms with Crippen LogP contribution >= 0.6 is 0 Å². The van der Waals surface area contributed by atoms with Gasteiger partial charge in [-0.25, -0.2) is 0 Å². The molecule has 1 N–H and O–H groups in total. The van der Waals surface area contributed by atoms with E-state index in [1.807, 2.05) is 27.2 Å². The first-order chi connectivity index (χ1) is 11.5. The predicted octanol–water partition coefficient (Wildman–Crippen LogP) is 1.29. The molecule has 3 heterocycles. The molecular weight excluding hydrogens is 304 g/mol. The molecule has 24 heavy (non-hydrogen) atoms. The number of likely N-dealkylation sites (tertiary alicyclic amines) is 1. The molecule has 1 saturated heterocycles. The topological polar surface area (TPSA) is 70.1 Å². The maximum absolute atomic E-state index is 12.5. The lowest BCUT2D eigenvalue weighted by atomic mass is 9.94. The van der Waals surface area contributed by atoms with Gasteiger partial charge in [-0.3, -0.25) is 19.5 Å². The van der Waals surface area contributed by atoms with Crippen molar-refractivity contribution in [3.05, 3.63) is 35.4 Å². The maximum Gasteiger partial charge on any atom is 0.236 e. The molecule has 0 bridgehead atoms. The van der Waals surface area contributed by atoms with Gasteiger partial charge in [0.1, 0.15) is 0 Å². The number of piperidine rings is 1. The highest BCUT2D eigenvalue weighted by molar-refractivity contribution is 5.78. The van der Waals surface area contributed by atoms with Gasteiger partial charge in [0.15, 0.2) is 0 Å². The Balaban J connectivity index is 1.53. The minimum Gasteiger partial charge on any atom is -0.340 e. The molecule has 3 rings (SSSR count). The Hall–Kier alpha value is -2.15. The zero-order chi connectivity index (χ0) is 17.1. The minimum atomic E-state index is 0.151. The second-order valence-corrected chi connectivity index (χ2v) is 6.82. The van der Waals surface area contributed by atoms with Crippen molar-refractivity contribution in [1.82, 2.24) is 29.8 Å². The molecule has 1 atom stereocenters. The van der Waals surface area contributed by atoms with Gasteiger partial charge in [-0.2, -0.15) is 10.2 Å². The highest BCUT2D eigenvalue weighted by Crippen LogP contribution is 2.25. The van der Waals surface area contributed by atoms with E-state index in [0.717, 1.165) is 42.9 Å². The van der Waals surface area contributed by atoms with Crippen LogP contribution in [0.2, 0.25) is 0 Å². The van der Waals surface area contributed by atoms with Gasteiger partial charge >= 0.3 is 0 Å². The number of aryl methyl sites for hydroxylation is 2. The molecule has 2 aromatic rings. The number of hydrogen-bond donors (Lipinski definition) is 1. The number of hydrogen-bond acceptors (Lipinski definition) is 4. The molecule has 7 nitrogen and oxygen atoms in total. The third-order valence-corrected chi connectivity index (χ3v) is 4.61. The third kappa shape index (κ3) is 4.03. The number of aromatic nitrogens is 4. The van der Waals surface area contributed by atoms with E-state index in [-0.39, 0.29) is 5.91 Å². The zero-order valence-electron chi connectivity index (χ0n) is 14.7. The summed E-state index contributed by atoms with van der Waals surface area (Å²) in [5.74, 6) is 0.567.